The fourth-order valence-electron chi connectivity index (χ4n) is 2.25. The lowest BCUT2D eigenvalue weighted by Crippen LogP contribution is -2.56. The molecule has 0 atom stereocenters. The molecule has 0 aliphatic carbocycles. The molecule has 3 heterocycles. The zero-order chi connectivity index (χ0) is 18.2. The van der Waals surface area contributed by atoms with Crippen LogP contribution in [0, 0.1) is 0 Å². The minimum atomic E-state index is -4.45. The number of nitrogens with zero attached hydrogens (tertiary/aromatic N) is 4. The molecule has 2 aromatic rings. The standard InChI is InChI=1S/C15H13F3N4O3/c1-21-13(23)5-3-11(20-21)14(24)22-7-10(8-22)25-12-4-2-9(6-19-12)15(16,17)18/h2-6,10H,7-8H2,1H3. The van der Waals surface area contributed by atoms with E-state index in [4.69, 9.17) is 4.74 Å². The predicted octanol–water partition coefficient (Wildman–Crippen LogP) is 1.10. The summed E-state index contributed by atoms with van der Waals surface area (Å²) in [5.74, 6) is -0.291. The fraction of sp³-hybridized carbons (Fsp3) is 0.333. The normalized spacial score (nSPS) is 15.0. The van der Waals surface area contributed by atoms with Gasteiger partial charge in [0.05, 0.1) is 18.7 Å². The maximum absolute atomic E-state index is 12.5. The molecule has 0 N–H and O–H groups in total. The second kappa shape index (κ2) is 6.19. The van der Waals surface area contributed by atoms with E-state index >= 15 is 0 Å². The second-order valence-corrected chi connectivity index (χ2v) is 5.51. The first-order valence-electron chi connectivity index (χ1n) is 7.27. The summed E-state index contributed by atoms with van der Waals surface area (Å²) in [6.45, 7) is 0.512. The number of halogens is 3. The van der Waals surface area contributed by atoms with Gasteiger partial charge in [-0.25, -0.2) is 9.67 Å². The van der Waals surface area contributed by atoms with Gasteiger partial charge in [0.25, 0.3) is 11.5 Å². The van der Waals surface area contributed by atoms with Crippen LogP contribution in [0.5, 0.6) is 5.88 Å². The Hall–Kier alpha value is -2.91. The molecule has 0 radical (unpaired) electrons. The van der Waals surface area contributed by atoms with Crippen molar-refractivity contribution in [3.05, 3.63) is 52.1 Å². The van der Waals surface area contributed by atoms with E-state index in [1.165, 1.54) is 24.1 Å². The SMILES string of the molecule is Cn1nc(C(=O)N2CC(Oc3ccc(C(F)(F)F)cn3)C2)ccc1=O. The maximum atomic E-state index is 12.5. The van der Waals surface area contributed by atoms with Gasteiger partial charge >= 0.3 is 6.18 Å². The lowest BCUT2D eigenvalue weighted by molar-refractivity contribution is -0.137. The van der Waals surface area contributed by atoms with Crippen LogP contribution in [0.4, 0.5) is 13.2 Å². The van der Waals surface area contributed by atoms with Crippen molar-refractivity contribution in [3.8, 4) is 5.88 Å². The molecule has 1 saturated heterocycles. The number of carbonyl (C=O) groups excluding carboxylic acids is 1. The predicted molar refractivity (Wildman–Crippen MR) is 79.0 cm³/mol. The van der Waals surface area contributed by atoms with Crippen molar-refractivity contribution in [1.29, 1.82) is 0 Å². The number of amides is 1. The van der Waals surface area contributed by atoms with E-state index < -0.39 is 11.7 Å². The van der Waals surface area contributed by atoms with Gasteiger partial charge in [0, 0.05) is 25.4 Å². The Morgan fingerprint density at radius 1 is 1.24 bits per heavy atom. The Morgan fingerprint density at radius 3 is 2.52 bits per heavy atom. The summed E-state index contributed by atoms with van der Waals surface area (Å²) in [6, 6.07) is 4.62. The number of likely N-dealkylation sites (tertiary alicyclic amines) is 1. The van der Waals surface area contributed by atoms with Crippen LogP contribution in [0.15, 0.2) is 35.3 Å². The minimum Gasteiger partial charge on any atom is -0.471 e. The average Bonchev–Trinajstić information content (AvgIpc) is 2.52. The zero-order valence-corrected chi connectivity index (χ0v) is 13.0. The summed E-state index contributed by atoms with van der Waals surface area (Å²) in [5.41, 5.74) is -1.05. The largest absolute Gasteiger partial charge is 0.471 e. The molecule has 1 amide bonds. The van der Waals surface area contributed by atoms with Gasteiger partial charge < -0.3 is 9.64 Å². The highest BCUT2D eigenvalue weighted by Crippen LogP contribution is 2.29. The number of hydrogen-bond acceptors (Lipinski definition) is 5. The number of aryl methyl sites for hydroxylation is 1. The first-order valence-corrected chi connectivity index (χ1v) is 7.27. The van der Waals surface area contributed by atoms with Crippen molar-refractivity contribution in [2.24, 2.45) is 7.05 Å². The molecule has 2 aromatic heterocycles. The van der Waals surface area contributed by atoms with Crippen molar-refractivity contribution in [2.45, 2.75) is 12.3 Å². The Morgan fingerprint density at radius 2 is 1.96 bits per heavy atom. The van der Waals surface area contributed by atoms with Crippen LogP contribution in [-0.2, 0) is 13.2 Å². The first kappa shape index (κ1) is 16.9. The van der Waals surface area contributed by atoms with E-state index in [1.807, 2.05) is 0 Å². The van der Waals surface area contributed by atoms with E-state index in [9.17, 15) is 22.8 Å². The number of hydrogen-bond donors (Lipinski definition) is 0. The Balaban J connectivity index is 1.56. The Labute approximate surface area is 139 Å². The molecule has 0 saturated carbocycles. The molecule has 0 unspecified atom stereocenters. The first-order chi connectivity index (χ1) is 11.7. The van der Waals surface area contributed by atoms with Crippen molar-refractivity contribution in [3.63, 3.8) is 0 Å². The molecule has 0 bridgehead atoms. The van der Waals surface area contributed by atoms with Crippen LogP contribution >= 0.6 is 0 Å². The lowest BCUT2D eigenvalue weighted by Gasteiger charge is -2.38. The van der Waals surface area contributed by atoms with Crippen LogP contribution in [0.25, 0.3) is 0 Å². The third kappa shape index (κ3) is 3.62. The Kier molecular flexibility index (Phi) is 4.19. The number of ether oxygens (including phenoxy) is 1. The van der Waals surface area contributed by atoms with Gasteiger partial charge in [-0.05, 0) is 12.1 Å². The lowest BCUT2D eigenvalue weighted by atomic mass is 10.1. The van der Waals surface area contributed by atoms with Gasteiger partial charge in [0.1, 0.15) is 11.8 Å². The van der Waals surface area contributed by atoms with Crippen LogP contribution in [0.2, 0.25) is 0 Å². The molecule has 1 aliphatic heterocycles. The van der Waals surface area contributed by atoms with Crippen molar-refractivity contribution >= 4 is 5.91 Å². The molecule has 7 nitrogen and oxygen atoms in total. The maximum Gasteiger partial charge on any atom is 0.417 e. The highest BCUT2D eigenvalue weighted by atomic mass is 19.4. The van der Waals surface area contributed by atoms with Gasteiger partial charge in [-0.3, -0.25) is 9.59 Å². The number of rotatable bonds is 3. The highest BCUT2D eigenvalue weighted by molar-refractivity contribution is 5.92. The number of carbonyl (C=O) groups is 1. The van der Waals surface area contributed by atoms with Crippen molar-refractivity contribution in [1.82, 2.24) is 19.7 Å². The van der Waals surface area contributed by atoms with Gasteiger partial charge in [0.2, 0.25) is 5.88 Å². The summed E-state index contributed by atoms with van der Waals surface area (Å²) in [7, 11) is 1.44. The second-order valence-electron chi connectivity index (χ2n) is 5.51. The number of aromatic nitrogens is 3. The Bertz CT molecular complexity index is 842. The molecule has 10 heteroatoms. The van der Waals surface area contributed by atoms with Gasteiger partial charge in [-0.15, -0.1) is 0 Å². The van der Waals surface area contributed by atoms with Gasteiger partial charge in [-0.2, -0.15) is 18.3 Å². The summed E-state index contributed by atoms with van der Waals surface area (Å²) in [6.07, 6.45) is -4.11. The van der Waals surface area contributed by atoms with Gasteiger partial charge in [0.15, 0.2) is 0 Å². The van der Waals surface area contributed by atoms with E-state index in [1.54, 1.807) is 0 Å². The third-order valence-corrected chi connectivity index (χ3v) is 3.67. The quantitative estimate of drug-likeness (QED) is 0.825. The molecular weight excluding hydrogens is 341 g/mol. The molecule has 0 aromatic carbocycles. The minimum absolute atomic E-state index is 0.0605. The molecule has 25 heavy (non-hydrogen) atoms. The molecule has 0 spiro atoms. The fourth-order valence-corrected chi connectivity index (χ4v) is 2.25. The summed E-state index contributed by atoms with van der Waals surface area (Å²) in [5, 5.41) is 3.87. The molecule has 3 rings (SSSR count). The van der Waals surface area contributed by atoms with Crippen molar-refractivity contribution in [2.75, 3.05) is 13.1 Å². The average molecular weight is 354 g/mol. The summed E-state index contributed by atoms with van der Waals surface area (Å²) in [4.78, 5) is 28.5. The number of alkyl halides is 3. The van der Waals surface area contributed by atoms with E-state index in [2.05, 4.69) is 10.1 Å². The monoisotopic (exact) mass is 354 g/mol. The summed E-state index contributed by atoms with van der Waals surface area (Å²) < 4.78 is 43.9. The zero-order valence-electron chi connectivity index (χ0n) is 13.0. The van der Waals surface area contributed by atoms with Crippen LogP contribution in [-0.4, -0.2) is 44.8 Å². The molecule has 132 valence electrons. The third-order valence-electron chi connectivity index (χ3n) is 3.67. The van der Waals surface area contributed by atoms with E-state index in [0.717, 1.165) is 16.8 Å². The van der Waals surface area contributed by atoms with E-state index in [0.29, 0.717) is 6.20 Å². The molecular formula is C15H13F3N4O3. The van der Waals surface area contributed by atoms with Crippen LogP contribution in [0.1, 0.15) is 16.1 Å². The topological polar surface area (TPSA) is 77.3 Å². The summed E-state index contributed by atoms with van der Waals surface area (Å²) >= 11 is 0. The van der Waals surface area contributed by atoms with Crippen molar-refractivity contribution < 1.29 is 22.7 Å². The molecule has 1 aliphatic rings. The van der Waals surface area contributed by atoms with E-state index in [-0.39, 0.29) is 42.2 Å². The molecule has 1 fully saturated rings. The highest BCUT2D eigenvalue weighted by Gasteiger charge is 2.34. The van der Waals surface area contributed by atoms with Gasteiger partial charge in [-0.1, -0.05) is 0 Å². The smallest absolute Gasteiger partial charge is 0.417 e. The number of pyridine rings is 1. The van der Waals surface area contributed by atoms with Crippen LogP contribution in [0.3, 0.4) is 0 Å². The van der Waals surface area contributed by atoms with Crippen LogP contribution < -0.4 is 10.3 Å².